The zero-order valence-electron chi connectivity index (χ0n) is 10.3. The molecule has 0 bridgehead atoms. The molecule has 0 radical (unpaired) electrons. The van der Waals surface area contributed by atoms with Gasteiger partial charge in [0.05, 0.1) is 5.69 Å². The lowest BCUT2D eigenvalue weighted by atomic mass is 10.0. The van der Waals surface area contributed by atoms with Gasteiger partial charge in [-0.1, -0.05) is 54.1 Å². The molecule has 0 atom stereocenters. The molecule has 92 valence electrons. The maximum atomic E-state index is 5.91. The van der Waals surface area contributed by atoms with Crippen molar-refractivity contribution >= 4 is 11.6 Å². The summed E-state index contributed by atoms with van der Waals surface area (Å²) in [5.74, 6) is 0. The molecule has 0 aliphatic heterocycles. The fourth-order valence-electron chi connectivity index (χ4n) is 2.02. The second-order valence-electron chi connectivity index (χ2n) is 4.30. The summed E-state index contributed by atoms with van der Waals surface area (Å²) in [6, 6.07) is 22.1. The van der Waals surface area contributed by atoms with E-state index in [1.807, 2.05) is 54.7 Å². The zero-order chi connectivity index (χ0) is 13.1. The lowest BCUT2D eigenvalue weighted by molar-refractivity contribution is 1.33. The first kappa shape index (κ1) is 11.9. The number of nitrogens with zero attached hydrogens (tertiary/aromatic N) is 1. The maximum absolute atomic E-state index is 5.91. The quantitative estimate of drug-likeness (QED) is 0.630. The molecule has 0 saturated heterocycles. The summed E-state index contributed by atoms with van der Waals surface area (Å²) >= 11 is 5.91. The minimum absolute atomic E-state index is 0.751. The molecule has 2 aromatic carbocycles. The largest absolute Gasteiger partial charge is 0.256 e. The summed E-state index contributed by atoms with van der Waals surface area (Å²) in [4.78, 5) is 4.43. The average molecular weight is 266 g/mol. The first-order valence-electron chi connectivity index (χ1n) is 6.10. The summed E-state index contributed by atoms with van der Waals surface area (Å²) in [5, 5.41) is 0.751. The van der Waals surface area contributed by atoms with Crippen LogP contribution in [0.1, 0.15) is 0 Å². The Morgan fingerprint density at radius 3 is 2.16 bits per heavy atom. The Labute approximate surface area is 117 Å². The number of hydrogen-bond donors (Lipinski definition) is 0. The van der Waals surface area contributed by atoms with Gasteiger partial charge in [-0.15, -0.1) is 0 Å². The first-order valence-corrected chi connectivity index (χ1v) is 6.48. The third-order valence-corrected chi connectivity index (χ3v) is 3.26. The molecule has 19 heavy (non-hydrogen) atoms. The van der Waals surface area contributed by atoms with E-state index in [1.54, 1.807) is 0 Å². The normalized spacial score (nSPS) is 10.4. The molecule has 0 saturated carbocycles. The fraction of sp³-hybridized carbons (Fsp3) is 0. The number of aromatic nitrogens is 1. The minimum Gasteiger partial charge on any atom is -0.256 e. The molecule has 3 aromatic rings. The minimum atomic E-state index is 0.751. The Balaban J connectivity index is 2.03. The second kappa shape index (κ2) is 5.25. The van der Waals surface area contributed by atoms with Crippen molar-refractivity contribution < 1.29 is 0 Å². The van der Waals surface area contributed by atoms with Gasteiger partial charge in [-0.3, -0.25) is 4.98 Å². The van der Waals surface area contributed by atoms with Gasteiger partial charge in [0, 0.05) is 16.8 Å². The molecular formula is C17H12ClN. The highest BCUT2D eigenvalue weighted by Crippen LogP contribution is 2.25. The van der Waals surface area contributed by atoms with Crippen LogP contribution in [0.2, 0.25) is 5.02 Å². The Bertz CT molecular complexity index is 675. The molecule has 1 heterocycles. The van der Waals surface area contributed by atoms with Crippen molar-refractivity contribution in [2.24, 2.45) is 0 Å². The van der Waals surface area contributed by atoms with Crippen LogP contribution in [0.25, 0.3) is 22.4 Å². The van der Waals surface area contributed by atoms with Crippen molar-refractivity contribution in [3.05, 3.63) is 77.9 Å². The van der Waals surface area contributed by atoms with E-state index >= 15 is 0 Å². The van der Waals surface area contributed by atoms with Crippen molar-refractivity contribution in [1.82, 2.24) is 4.98 Å². The van der Waals surface area contributed by atoms with Gasteiger partial charge in [0.15, 0.2) is 0 Å². The Hall–Kier alpha value is -2.12. The maximum Gasteiger partial charge on any atom is 0.0708 e. The van der Waals surface area contributed by atoms with E-state index in [0.29, 0.717) is 0 Å². The standard InChI is InChI=1S/C17H12ClN/c18-16-8-6-13(7-9-16)15-10-11-19-17(12-15)14-4-2-1-3-5-14/h1-12H. The van der Waals surface area contributed by atoms with Crippen LogP contribution in [0.4, 0.5) is 0 Å². The summed E-state index contributed by atoms with van der Waals surface area (Å²) in [7, 11) is 0. The van der Waals surface area contributed by atoms with Crippen LogP contribution in [0.3, 0.4) is 0 Å². The summed E-state index contributed by atoms with van der Waals surface area (Å²) in [6.45, 7) is 0. The van der Waals surface area contributed by atoms with E-state index in [-0.39, 0.29) is 0 Å². The molecule has 0 fully saturated rings. The van der Waals surface area contributed by atoms with Gasteiger partial charge in [-0.05, 0) is 35.4 Å². The Kier molecular flexibility index (Phi) is 3.30. The molecule has 0 N–H and O–H groups in total. The lowest BCUT2D eigenvalue weighted by Gasteiger charge is -2.05. The number of pyridine rings is 1. The Morgan fingerprint density at radius 1 is 0.684 bits per heavy atom. The van der Waals surface area contributed by atoms with Crippen LogP contribution in [-0.4, -0.2) is 4.98 Å². The van der Waals surface area contributed by atoms with Crippen molar-refractivity contribution in [2.45, 2.75) is 0 Å². The van der Waals surface area contributed by atoms with E-state index in [9.17, 15) is 0 Å². The average Bonchev–Trinajstić information content (AvgIpc) is 2.49. The van der Waals surface area contributed by atoms with Gasteiger partial charge in [0.25, 0.3) is 0 Å². The van der Waals surface area contributed by atoms with E-state index in [2.05, 4.69) is 23.2 Å². The summed E-state index contributed by atoms with van der Waals surface area (Å²) in [5.41, 5.74) is 4.39. The third-order valence-electron chi connectivity index (χ3n) is 3.01. The predicted octanol–water partition coefficient (Wildman–Crippen LogP) is 5.07. The molecule has 0 spiro atoms. The highest BCUT2D eigenvalue weighted by atomic mass is 35.5. The van der Waals surface area contributed by atoms with E-state index in [4.69, 9.17) is 11.6 Å². The molecule has 2 heteroatoms. The highest BCUT2D eigenvalue weighted by Gasteiger charge is 2.02. The predicted molar refractivity (Wildman–Crippen MR) is 80.1 cm³/mol. The van der Waals surface area contributed by atoms with Crippen molar-refractivity contribution in [1.29, 1.82) is 0 Å². The second-order valence-corrected chi connectivity index (χ2v) is 4.74. The van der Waals surface area contributed by atoms with Crippen LogP contribution in [0.5, 0.6) is 0 Å². The monoisotopic (exact) mass is 265 g/mol. The van der Waals surface area contributed by atoms with Crippen LogP contribution in [-0.2, 0) is 0 Å². The van der Waals surface area contributed by atoms with E-state index in [0.717, 1.165) is 27.4 Å². The fourth-order valence-corrected chi connectivity index (χ4v) is 2.15. The van der Waals surface area contributed by atoms with Crippen LogP contribution in [0.15, 0.2) is 72.9 Å². The number of benzene rings is 2. The Morgan fingerprint density at radius 2 is 1.42 bits per heavy atom. The van der Waals surface area contributed by atoms with Gasteiger partial charge in [-0.25, -0.2) is 0 Å². The van der Waals surface area contributed by atoms with Crippen LogP contribution < -0.4 is 0 Å². The topological polar surface area (TPSA) is 12.9 Å². The SMILES string of the molecule is Clc1ccc(-c2ccnc(-c3ccccc3)c2)cc1. The molecule has 0 unspecified atom stereocenters. The van der Waals surface area contributed by atoms with Gasteiger partial charge in [-0.2, -0.15) is 0 Å². The molecule has 0 aliphatic carbocycles. The number of hydrogen-bond acceptors (Lipinski definition) is 1. The smallest absolute Gasteiger partial charge is 0.0708 e. The van der Waals surface area contributed by atoms with E-state index < -0.39 is 0 Å². The summed E-state index contributed by atoms with van der Waals surface area (Å²) in [6.07, 6.45) is 1.84. The number of rotatable bonds is 2. The molecule has 0 amide bonds. The molecule has 3 rings (SSSR count). The van der Waals surface area contributed by atoms with Crippen LogP contribution >= 0.6 is 11.6 Å². The molecule has 1 nitrogen and oxygen atoms in total. The van der Waals surface area contributed by atoms with Crippen molar-refractivity contribution in [2.75, 3.05) is 0 Å². The molecule has 0 aliphatic rings. The van der Waals surface area contributed by atoms with Gasteiger partial charge in [0.2, 0.25) is 0 Å². The highest BCUT2D eigenvalue weighted by molar-refractivity contribution is 6.30. The third kappa shape index (κ3) is 2.67. The van der Waals surface area contributed by atoms with E-state index in [1.165, 1.54) is 0 Å². The van der Waals surface area contributed by atoms with Crippen LogP contribution in [0, 0.1) is 0 Å². The summed E-state index contributed by atoms with van der Waals surface area (Å²) < 4.78 is 0. The number of halogens is 1. The zero-order valence-corrected chi connectivity index (χ0v) is 11.0. The van der Waals surface area contributed by atoms with Crippen molar-refractivity contribution in [3.8, 4) is 22.4 Å². The van der Waals surface area contributed by atoms with Gasteiger partial charge in [0.1, 0.15) is 0 Å². The van der Waals surface area contributed by atoms with Crippen molar-refractivity contribution in [3.63, 3.8) is 0 Å². The molecular weight excluding hydrogens is 254 g/mol. The van der Waals surface area contributed by atoms with Gasteiger partial charge >= 0.3 is 0 Å². The first-order chi connectivity index (χ1) is 9.33. The lowest BCUT2D eigenvalue weighted by Crippen LogP contribution is -1.85. The van der Waals surface area contributed by atoms with Gasteiger partial charge < -0.3 is 0 Å². The molecule has 1 aromatic heterocycles.